The Morgan fingerprint density at radius 3 is 2.34 bits per heavy atom. The van der Waals surface area contributed by atoms with Crippen LogP contribution in [0.2, 0.25) is 0 Å². The number of urea groups is 1. The summed E-state index contributed by atoms with van der Waals surface area (Å²) in [6, 6.07) is -0.516. The Kier molecular flexibility index (Phi) is 8.96. The molecule has 0 radical (unpaired) electrons. The summed E-state index contributed by atoms with van der Waals surface area (Å²) in [5, 5.41) is 10.1. The lowest BCUT2D eigenvalue weighted by atomic mass is 9.42. The van der Waals surface area contributed by atoms with E-state index in [1.165, 1.54) is 4.90 Å². The summed E-state index contributed by atoms with van der Waals surface area (Å²) < 4.78 is 27.9. The number of aliphatic hydroxyl groups is 1. The van der Waals surface area contributed by atoms with Gasteiger partial charge >= 0.3 is 6.03 Å². The monoisotopic (exact) mass is 592 g/mol. The minimum Gasteiger partial charge on any atom is -0.393 e. The van der Waals surface area contributed by atoms with Gasteiger partial charge in [-0.15, -0.1) is 0 Å². The van der Waals surface area contributed by atoms with Crippen LogP contribution in [-0.2, 0) is 14.8 Å². The molecule has 8 heteroatoms. The Morgan fingerprint density at radius 1 is 1.00 bits per heavy atom. The van der Waals surface area contributed by atoms with Gasteiger partial charge in [0.2, 0.25) is 10.0 Å². The highest BCUT2D eigenvalue weighted by molar-refractivity contribution is 7.90. The number of ketones is 1. The SMILES string of the molecule is CC[C@H]1C(=O)[C@@H]2[C@H](CCC3(C)[C@@H]([C@H](C)CCN(C)C(=O)NS(=O)(=O)C4CCCCC4)CC[C@@H]23)C2(C)CC[C@@H](O)CC12. The zero-order valence-electron chi connectivity index (χ0n) is 26.2. The number of hydrogen-bond acceptors (Lipinski definition) is 5. The zero-order valence-corrected chi connectivity index (χ0v) is 27.1. The van der Waals surface area contributed by atoms with Gasteiger partial charge in [-0.25, -0.2) is 17.9 Å². The fourth-order valence-corrected chi connectivity index (χ4v) is 12.5. The van der Waals surface area contributed by atoms with Crippen LogP contribution in [0.3, 0.4) is 0 Å². The second-order valence-corrected chi connectivity index (χ2v) is 17.3. The largest absolute Gasteiger partial charge is 0.393 e. The van der Waals surface area contributed by atoms with Gasteiger partial charge < -0.3 is 10.0 Å². The van der Waals surface area contributed by atoms with Gasteiger partial charge in [0.05, 0.1) is 11.4 Å². The molecule has 41 heavy (non-hydrogen) atoms. The van der Waals surface area contributed by atoms with Gasteiger partial charge in [-0.2, -0.15) is 0 Å². The highest BCUT2D eigenvalue weighted by Crippen LogP contribution is 2.68. The van der Waals surface area contributed by atoms with Gasteiger partial charge in [0.1, 0.15) is 5.78 Å². The minimum absolute atomic E-state index is 0.0760. The molecule has 0 bridgehead atoms. The van der Waals surface area contributed by atoms with E-state index in [1.807, 2.05) is 0 Å². The molecule has 0 spiro atoms. The lowest BCUT2D eigenvalue weighted by Crippen LogP contribution is -2.60. The second kappa shape index (κ2) is 11.7. The average molecular weight is 593 g/mol. The Labute approximate surface area is 249 Å². The van der Waals surface area contributed by atoms with Crippen LogP contribution in [-0.4, -0.2) is 55.2 Å². The topological polar surface area (TPSA) is 104 Å². The zero-order chi connectivity index (χ0) is 29.7. The normalized spacial score (nSPS) is 42.1. The van der Waals surface area contributed by atoms with Crippen LogP contribution in [0.5, 0.6) is 0 Å². The van der Waals surface area contributed by atoms with Crippen molar-refractivity contribution < 1.29 is 23.1 Å². The summed E-state index contributed by atoms with van der Waals surface area (Å²) in [6.45, 7) is 9.88. The Morgan fingerprint density at radius 2 is 1.66 bits per heavy atom. The molecule has 2 N–H and O–H groups in total. The van der Waals surface area contributed by atoms with Crippen LogP contribution in [0.4, 0.5) is 4.79 Å². The summed E-state index contributed by atoms with van der Waals surface area (Å²) >= 11 is 0. The van der Waals surface area contributed by atoms with Crippen LogP contribution in [0.1, 0.15) is 118 Å². The quantitative estimate of drug-likeness (QED) is 0.369. The molecule has 5 saturated carbocycles. The predicted octanol–water partition coefficient (Wildman–Crippen LogP) is 6.15. The van der Waals surface area contributed by atoms with E-state index in [1.54, 1.807) is 7.05 Å². The maximum absolute atomic E-state index is 14.2. The van der Waals surface area contributed by atoms with Gasteiger partial charge in [0, 0.05) is 25.4 Å². The number of hydrogen-bond donors (Lipinski definition) is 2. The predicted molar refractivity (Wildman–Crippen MR) is 162 cm³/mol. The standard InChI is InChI=1S/C33H56N2O5S/c1-6-24-28-20-22(36)14-17-33(28,4)27-15-18-32(3)25(12-13-26(32)29(27)30(24)37)21(2)16-19-35(5)31(38)34-41(39,40)23-10-8-7-9-11-23/h21-29,36H,6-20H2,1-5H3,(H,34,38)/t21-,22-,24-,25-,26+,27+,28?,29+,32?,33?/m1/s1. The van der Waals surface area contributed by atoms with Crippen LogP contribution < -0.4 is 4.72 Å². The lowest BCUT2D eigenvalue weighted by molar-refractivity contribution is -0.173. The Balaban J connectivity index is 1.23. The molecule has 234 valence electrons. The van der Waals surface area contributed by atoms with Crippen molar-refractivity contribution in [2.24, 2.45) is 52.3 Å². The first kappa shape index (κ1) is 31.3. The Hall–Kier alpha value is -1.15. The molecule has 0 aromatic rings. The molecule has 0 saturated heterocycles. The molecule has 0 aromatic heterocycles. The summed E-state index contributed by atoms with van der Waals surface area (Å²) in [6.07, 6.45) is 12.8. The summed E-state index contributed by atoms with van der Waals surface area (Å²) in [5.41, 5.74) is 0.272. The first-order chi connectivity index (χ1) is 19.3. The molecule has 5 fully saturated rings. The molecular formula is C33H56N2O5S. The van der Waals surface area contributed by atoms with E-state index in [0.717, 1.165) is 77.0 Å². The number of fused-ring (bicyclic) bond motifs is 5. The number of sulfonamides is 1. The second-order valence-electron chi connectivity index (χ2n) is 15.3. The first-order valence-electron chi connectivity index (χ1n) is 16.8. The molecular weight excluding hydrogens is 536 g/mol. The van der Waals surface area contributed by atoms with Crippen molar-refractivity contribution in [3.05, 3.63) is 0 Å². The van der Waals surface area contributed by atoms with Gasteiger partial charge in [-0.1, -0.05) is 47.0 Å². The highest BCUT2D eigenvalue weighted by atomic mass is 32.2. The molecule has 5 aliphatic carbocycles. The van der Waals surface area contributed by atoms with Gasteiger partial charge in [-0.3, -0.25) is 4.79 Å². The molecule has 7 nitrogen and oxygen atoms in total. The summed E-state index contributed by atoms with van der Waals surface area (Å²) in [5.74, 6) is 2.77. The first-order valence-corrected chi connectivity index (χ1v) is 18.4. The Bertz CT molecular complexity index is 1090. The van der Waals surface area contributed by atoms with Crippen LogP contribution in [0.25, 0.3) is 0 Å². The van der Waals surface area contributed by atoms with E-state index < -0.39 is 21.3 Å². The molecule has 5 rings (SSSR count). The third kappa shape index (κ3) is 5.51. The van der Waals surface area contributed by atoms with E-state index in [0.29, 0.717) is 54.8 Å². The maximum atomic E-state index is 14.2. The number of amides is 2. The van der Waals surface area contributed by atoms with E-state index in [2.05, 4.69) is 32.4 Å². The molecule has 0 aromatic carbocycles. The van der Waals surface area contributed by atoms with Crippen LogP contribution >= 0.6 is 0 Å². The van der Waals surface area contributed by atoms with Crippen LogP contribution in [0, 0.1) is 52.3 Å². The van der Waals surface area contributed by atoms with Crippen molar-refractivity contribution in [3.8, 4) is 0 Å². The average Bonchev–Trinajstić information content (AvgIpc) is 3.30. The smallest absolute Gasteiger partial charge is 0.330 e. The number of carbonyl (C=O) groups excluding carboxylic acids is 2. The van der Waals surface area contributed by atoms with Crippen LogP contribution in [0.15, 0.2) is 0 Å². The third-order valence-electron chi connectivity index (χ3n) is 13.4. The molecule has 5 aliphatic rings. The number of carbonyl (C=O) groups is 2. The van der Waals surface area contributed by atoms with E-state index in [9.17, 15) is 23.1 Å². The van der Waals surface area contributed by atoms with Crippen molar-refractivity contribution in [3.63, 3.8) is 0 Å². The number of nitrogens with one attached hydrogen (secondary N) is 1. The molecule has 0 aliphatic heterocycles. The van der Waals surface area contributed by atoms with Gasteiger partial charge in [0.15, 0.2) is 0 Å². The number of nitrogens with zero attached hydrogens (tertiary/aromatic N) is 1. The van der Waals surface area contributed by atoms with Crippen molar-refractivity contribution in [1.29, 1.82) is 0 Å². The third-order valence-corrected chi connectivity index (χ3v) is 15.2. The molecule has 10 atom stereocenters. The molecule has 3 unspecified atom stereocenters. The van der Waals surface area contributed by atoms with Gasteiger partial charge in [-0.05, 0) is 111 Å². The fraction of sp³-hybridized carbons (Fsp3) is 0.939. The van der Waals surface area contributed by atoms with Crippen molar-refractivity contribution >= 4 is 21.8 Å². The van der Waals surface area contributed by atoms with Crippen molar-refractivity contribution in [2.75, 3.05) is 13.6 Å². The fourth-order valence-electron chi connectivity index (χ4n) is 11.0. The van der Waals surface area contributed by atoms with E-state index >= 15 is 0 Å². The van der Waals surface area contributed by atoms with E-state index in [4.69, 9.17) is 0 Å². The number of rotatable bonds is 7. The number of Topliss-reactive ketones (excluding diaryl/α,β-unsaturated/α-hetero) is 1. The highest BCUT2D eigenvalue weighted by Gasteiger charge is 2.65. The van der Waals surface area contributed by atoms with Crippen molar-refractivity contribution in [1.82, 2.24) is 9.62 Å². The van der Waals surface area contributed by atoms with Crippen molar-refractivity contribution in [2.45, 2.75) is 129 Å². The van der Waals surface area contributed by atoms with Gasteiger partial charge in [0.25, 0.3) is 0 Å². The molecule has 2 amide bonds. The summed E-state index contributed by atoms with van der Waals surface area (Å²) in [7, 11) is -1.93. The number of aliphatic hydroxyl groups excluding tert-OH is 1. The van der Waals surface area contributed by atoms with E-state index in [-0.39, 0.29) is 28.8 Å². The lowest BCUT2D eigenvalue weighted by Gasteiger charge is -2.62. The summed E-state index contributed by atoms with van der Waals surface area (Å²) in [4.78, 5) is 28.6. The molecule has 0 heterocycles. The minimum atomic E-state index is -3.63. The maximum Gasteiger partial charge on any atom is 0.330 e.